The van der Waals surface area contributed by atoms with Gasteiger partial charge in [-0.25, -0.2) is 0 Å². The van der Waals surface area contributed by atoms with Crippen LogP contribution >= 0.6 is 0 Å². The molecule has 1 heteroatoms. The molecule has 0 rings (SSSR count). The summed E-state index contributed by atoms with van der Waals surface area (Å²) in [5.74, 6) is 5.73. The zero-order valence-corrected chi connectivity index (χ0v) is 4.62. The minimum Gasteiger partial charge on any atom is -0.257 e. The van der Waals surface area contributed by atoms with Gasteiger partial charge >= 0.3 is 0 Å². The van der Waals surface area contributed by atoms with Crippen LogP contribution in [0, 0.1) is 11.8 Å². The van der Waals surface area contributed by atoms with Crippen molar-refractivity contribution in [2.75, 3.05) is 6.54 Å². The van der Waals surface area contributed by atoms with E-state index in [1.165, 1.54) is 0 Å². The normalized spacial score (nSPS) is 7.14. The molecule has 0 heterocycles. The number of hydrogen-bond donors (Lipinski definition) is 0. The fourth-order valence-electron chi connectivity index (χ4n) is 0.276. The van der Waals surface area contributed by atoms with Crippen molar-refractivity contribution in [3.8, 4) is 11.8 Å². The van der Waals surface area contributed by atoms with E-state index in [1.54, 1.807) is 0 Å². The van der Waals surface area contributed by atoms with Crippen LogP contribution in [0.15, 0.2) is 0 Å². The Morgan fingerprint density at radius 2 is 2.14 bits per heavy atom. The third-order valence-corrected chi connectivity index (χ3v) is 0.552. The molecule has 39 valence electrons. The molecule has 1 nitrogen and oxygen atoms in total. The van der Waals surface area contributed by atoms with Crippen LogP contribution in [-0.4, -0.2) is 6.54 Å². The van der Waals surface area contributed by atoms with Gasteiger partial charge in [0.15, 0.2) is 0 Å². The summed E-state index contributed by atoms with van der Waals surface area (Å²) in [5.41, 5.74) is 6.68. The molecule has 0 amide bonds. The van der Waals surface area contributed by atoms with Gasteiger partial charge < -0.3 is 0 Å². The first-order chi connectivity index (χ1) is 3.41. The van der Waals surface area contributed by atoms with E-state index >= 15 is 0 Å². The second-order valence-electron chi connectivity index (χ2n) is 1.21. The van der Waals surface area contributed by atoms with Crippen molar-refractivity contribution in [1.29, 1.82) is 0 Å². The molecule has 0 aliphatic carbocycles. The highest BCUT2D eigenvalue weighted by Crippen LogP contribution is 1.71. The molecule has 1 N–H and O–H groups in total. The summed E-state index contributed by atoms with van der Waals surface area (Å²) in [6.45, 7) is 2.45. The zero-order valence-electron chi connectivity index (χ0n) is 4.62. The average molecular weight is 96.2 g/mol. The van der Waals surface area contributed by atoms with Gasteiger partial charge in [0.2, 0.25) is 0 Å². The summed E-state index contributed by atoms with van der Waals surface area (Å²) in [6, 6.07) is 0. The van der Waals surface area contributed by atoms with Gasteiger partial charge in [-0.05, 0) is 0 Å². The van der Waals surface area contributed by atoms with Crippen LogP contribution in [0.3, 0.4) is 0 Å². The van der Waals surface area contributed by atoms with Crippen molar-refractivity contribution in [2.24, 2.45) is 0 Å². The average Bonchev–Trinajstić information content (AvgIpc) is 1.69. The van der Waals surface area contributed by atoms with Crippen LogP contribution in [0.1, 0.15) is 19.8 Å². The summed E-state index contributed by atoms with van der Waals surface area (Å²) in [4.78, 5) is 0. The van der Waals surface area contributed by atoms with Crippen LogP contribution in [0.2, 0.25) is 0 Å². The summed E-state index contributed by atoms with van der Waals surface area (Å²) in [5, 5.41) is 0. The van der Waals surface area contributed by atoms with E-state index in [1.807, 2.05) is 6.92 Å². The number of nitrogens with one attached hydrogen (secondary N) is 1. The third-order valence-electron chi connectivity index (χ3n) is 0.552. The highest BCUT2D eigenvalue weighted by atomic mass is 14.5. The van der Waals surface area contributed by atoms with Crippen LogP contribution in [0.25, 0.3) is 0 Å². The van der Waals surface area contributed by atoms with E-state index in [0.29, 0.717) is 6.54 Å². The molecule has 0 aromatic heterocycles. The summed E-state index contributed by atoms with van der Waals surface area (Å²) in [7, 11) is 0. The number of rotatable bonds is 1. The summed E-state index contributed by atoms with van der Waals surface area (Å²) in [6.07, 6.45) is 1.65. The Kier molecular flexibility index (Phi) is 5.14. The van der Waals surface area contributed by atoms with E-state index < -0.39 is 0 Å². The molecule has 0 bridgehead atoms. The molecular weight excluding hydrogens is 86.1 g/mol. The van der Waals surface area contributed by atoms with Crippen molar-refractivity contribution in [3.63, 3.8) is 0 Å². The SMILES string of the molecule is CCC#CCC[NH]. The molecule has 0 saturated carbocycles. The first-order valence-electron chi connectivity index (χ1n) is 2.52. The van der Waals surface area contributed by atoms with Gasteiger partial charge in [-0.1, -0.05) is 6.92 Å². The molecule has 0 spiro atoms. The van der Waals surface area contributed by atoms with E-state index in [-0.39, 0.29) is 0 Å². The van der Waals surface area contributed by atoms with Gasteiger partial charge in [0.05, 0.1) is 0 Å². The molecule has 0 aromatic rings. The van der Waals surface area contributed by atoms with Crippen LogP contribution in [0.4, 0.5) is 0 Å². The highest BCUT2D eigenvalue weighted by Gasteiger charge is 1.66. The largest absolute Gasteiger partial charge is 0.257 e. The Morgan fingerprint density at radius 1 is 1.43 bits per heavy atom. The van der Waals surface area contributed by atoms with Crippen LogP contribution < -0.4 is 5.73 Å². The van der Waals surface area contributed by atoms with Crippen LogP contribution in [0.5, 0.6) is 0 Å². The van der Waals surface area contributed by atoms with Crippen molar-refractivity contribution in [2.45, 2.75) is 19.8 Å². The first kappa shape index (κ1) is 6.52. The van der Waals surface area contributed by atoms with Gasteiger partial charge in [0.25, 0.3) is 0 Å². The van der Waals surface area contributed by atoms with Gasteiger partial charge in [0.1, 0.15) is 0 Å². The highest BCUT2D eigenvalue weighted by molar-refractivity contribution is 4.97. The number of hydrogen-bond acceptors (Lipinski definition) is 0. The van der Waals surface area contributed by atoms with Gasteiger partial charge in [-0.3, -0.25) is 5.73 Å². The lowest BCUT2D eigenvalue weighted by Crippen LogP contribution is -1.78. The van der Waals surface area contributed by atoms with E-state index in [2.05, 4.69) is 11.8 Å². The molecule has 0 aliphatic heterocycles. The van der Waals surface area contributed by atoms with E-state index in [9.17, 15) is 0 Å². The van der Waals surface area contributed by atoms with Crippen molar-refractivity contribution < 1.29 is 0 Å². The fourth-order valence-corrected chi connectivity index (χ4v) is 0.276. The van der Waals surface area contributed by atoms with E-state index in [4.69, 9.17) is 5.73 Å². The van der Waals surface area contributed by atoms with Gasteiger partial charge in [0, 0.05) is 19.4 Å². The van der Waals surface area contributed by atoms with Gasteiger partial charge in [-0.15, -0.1) is 11.8 Å². The maximum absolute atomic E-state index is 6.68. The molecule has 0 saturated heterocycles. The second-order valence-corrected chi connectivity index (χ2v) is 1.21. The van der Waals surface area contributed by atoms with Crippen LogP contribution in [-0.2, 0) is 0 Å². The minimum atomic E-state index is 0.438. The third kappa shape index (κ3) is 5.52. The first-order valence-corrected chi connectivity index (χ1v) is 2.52. The quantitative estimate of drug-likeness (QED) is 0.436. The lowest BCUT2D eigenvalue weighted by atomic mass is 10.4. The predicted molar refractivity (Wildman–Crippen MR) is 30.6 cm³/mol. The molecule has 0 aromatic carbocycles. The predicted octanol–water partition coefficient (Wildman–Crippen LogP) is 1.07. The Balaban J connectivity index is 2.91. The summed E-state index contributed by atoms with van der Waals surface area (Å²) < 4.78 is 0. The van der Waals surface area contributed by atoms with Gasteiger partial charge in [-0.2, -0.15) is 0 Å². The lowest BCUT2D eigenvalue weighted by Gasteiger charge is -1.74. The molecule has 1 radical (unpaired) electrons. The topological polar surface area (TPSA) is 23.8 Å². The molecule has 0 fully saturated rings. The fraction of sp³-hybridized carbons (Fsp3) is 0.667. The van der Waals surface area contributed by atoms with Crippen molar-refractivity contribution in [3.05, 3.63) is 0 Å². The van der Waals surface area contributed by atoms with Crippen molar-refractivity contribution >= 4 is 0 Å². The lowest BCUT2D eigenvalue weighted by molar-refractivity contribution is 0.996. The minimum absolute atomic E-state index is 0.438. The maximum Gasteiger partial charge on any atom is 0.0228 e. The standard InChI is InChI=1S/C6H10N/c1-2-3-4-5-6-7/h7H,2,5-6H2,1H3. The molecule has 0 atom stereocenters. The Hall–Kier alpha value is -0.480. The Bertz CT molecular complexity index is 75.9. The molecule has 0 unspecified atom stereocenters. The maximum atomic E-state index is 6.68. The van der Waals surface area contributed by atoms with E-state index in [0.717, 1.165) is 12.8 Å². The monoisotopic (exact) mass is 96.1 g/mol. The second kappa shape index (κ2) is 5.52. The zero-order chi connectivity index (χ0) is 5.54. The summed E-state index contributed by atoms with van der Waals surface area (Å²) >= 11 is 0. The molecule has 0 aliphatic rings. The van der Waals surface area contributed by atoms with Crippen molar-refractivity contribution in [1.82, 2.24) is 5.73 Å². The Morgan fingerprint density at radius 3 is 2.57 bits per heavy atom. The molecule has 7 heavy (non-hydrogen) atoms. The smallest absolute Gasteiger partial charge is 0.0228 e. The Labute approximate surface area is 44.9 Å². The molecular formula is C6H10N.